The van der Waals surface area contributed by atoms with Gasteiger partial charge in [0.15, 0.2) is 21.7 Å². The lowest BCUT2D eigenvalue weighted by molar-refractivity contribution is -0.116. The summed E-state index contributed by atoms with van der Waals surface area (Å²) in [6.45, 7) is 2.73. The van der Waals surface area contributed by atoms with E-state index in [0.717, 1.165) is 4.57 Å². The number of aryl methyl sites for hydroxylation is 1. The third-order valence-electron chi connectivity index (χ3n) is 4.48. The van der Waals surface area contributed by atoms with Crippen LogP contribution in [-0.2, 0) is 24.9 Å². The molecule has 1 amide bonds. The lowest BCUT2D eigenvalue weighted by Gasteiger charge is -2.11. The minimum atomic E-state index is -0.679. The monoisotopic (exact) mass is 471 g/mol. The minimum Gasteiger partial charge on any atom is -0.324 e. The Balaban J connectivity index is 2.05. The van der Waals surface area contributed by atoms with Gasteiger partial charge in [0.2, 0.25) is 5.91 Å². The number of anilines is 1. The van der Waals surface area contributed by atoms with Gasteiger partial charge in [-0.25, -0.2) is 14.3 Å². The van der Waals surface area contributed by atoms with E-state index in [4.69, 9.17) is 0 Å². The van der Waals surface area contributed by atoms with Crippen molar-refractivity contribution in [3.05, 3.63) is 55.4 Å². The highest BCUT2D eigenvalue weighted by atomic mass is 79.9. The molecule has 9 nitrogen and oxygen atoms in total. The van der Waals surface area contributed by atoms with E-state index in [1.807, 2.05) is 0 Å². The van der Waals surface area contributed by atoms with Gasteiger partial charge in [0, 0.05) is 12.6 Å². The number of amides is 1. The zero-order valence-electron chi connectivity index (χ0n) is 16.5. The molecule has 0 unspecified atom stereocenters. The van der Waals surface area contributed by atoms with Crippen LogP contribution in [0.4, 0.5) is 5.69 Å². The summed E-state index contributed by atoms with van der Waals surface area (Å²) in [4.78, 5) is 54.3. The van der Waals surface area contributed by atoms with Crippen molar-refractivity contribution in [1.29, 1.82) is 0 Å². The van der Waals surface area contributed by atoms with Crippen molar-refractivity contribution in [2.24, 2.45) is 7.05 Å². The van der Waals surface area contributed by atoms with Crippen LogP contribution < -0.4 is 16.6 Å². The summed E-state index contributed by atoms with van der Waals surface area (Å²) < 4.78 is 3.92. The number of rotatable bonds is 5. The van der Waals surface area contributed by atoms with Gasteiger partial charge in [-0.05, 0) is 41.9 Å². The zero-order chi connectivity index (χ0) is 22.0. The van der Waals surface area contributed by atoms with E-state index in [9.17, 15) is 19.2 Å². The van der Waals surface area contributed by atoms with Crippen LogP contribution in [0.25, 0.3) is 11.2 Å². The van der Waals surface area contributed by atoms with Gasteiger partial charge < -0.3 is 9.88 Å². The lowest BCUT2D eigenvalue weighted by atomic mass is 10.1. The van der Waals surface area contributed by atoms with E-state index in [0.29, 0.717) is 16.0 Å². The molecule has 0 aliphatic rings. The number of nitrogens with one attached hydrogen (secondary N) is 1. The maximum Gasteiger partial charge on any atom is 0.332 e. The second-order valence-corrected chi connectivity index (χ2v) is 7.16. The molecule has 0 saturated carbocycles. The molecule has 1 N–H and O–H groups in total. The fraction of sp³-hybridized carbons (Fsp3) is 0.250. The molecular formula is C20H18BrN5O4. The van der Waals surface area contributed by atoms with Crippen LogP contribution in [0, 0.1) is 11.8 Å². The van der Waals surface area contributed by atoms with Crippen LogP contribution in [0.2, 0.25) is 0 Å². The van der Waals surface area contributed by atoms with Crippen molar-refractivity contribution in [2.75, 3.05) is 5.32 Å². The lowest BCUT2D eigenvalue weighted by Crippen LogP contribution is -2.42. The molecular weight excluding hydrogens is 454 g/mol. The Kier molecular flexibility index (Phi) is 6.03. The summed E-state index contributed by atoms with van der Waals surface area (Å²) in [5.41, 5.74) is -0.342. The molecule has 0 radical (unpaired) electrons. The van der Waals surface area contributed by atoms with E-state index < -0.39 is 23.7 Å². The van der Waals surface area contributed by atoms with Gasteiger partial charge in [0.1, 0.15) is 6.54 Å². The number of carbonyl (C=O) groups excluding carboxylic acids is 2. The minimum absolute atomic E-state index is 0.156. The van der Waals surface area contributed by atoms with Gasteiger partial charge >= 0.3 is 5.69 Å². The van der Waals surface area contributed by atoms with Crippen molar-refractivity contribution in [3.63, 3.8) is 0 Å². The number of aromatic nitrogens is 4. The van der Waals surface area contributed by atoms with E-state index in [-0.39, 0.29) is 23.5 Å². The highest BCUT2D eigenvalue weighted by Gasteiger charge is 2.20. The molecule has 2 aromatic heterocycles. The average molecular weight is 472 g/mol. The Morgan fingerprint density at radius 3 is 2.57 bits per heavy atom. The van der Waals surface area contributed by atoms with Crippen LogP contribution in [0.3, 0.4) is 0 Å². The standard InChI is InChI=1S/C20H18BrN5O4/c1-4-5-10-25-16-17(23-19(25)21)24(3)20(30)26(18(16)29)11-15(28)22-14-9-7-6-8-13(14)12(2)27/h6-9H,10-11H2,1-3H3,(H,22,28). The van der Waals surface area contributed by atoms with Crippen molar-refractivity contribution in [3.8, 4) is 11.8 Å². The topological polar surface area (TPSA) is 108 Å². The Labute approximate surface area is 179 Å². The maximum atomic E-state index is 13.0. The van der Waals surface area contributed by atoms with Gasteiger partial charge in [-0.15, -0.1) is 5.92 Å². The number of carbonyl (C=O) groups is 2. The molecule has 30 heavy (non-hydrogen) atoms. The van der Waals surface area contributed by atoms with Gasteiger partial charge in [0.25, 0.3) is 5.56 Å². The second-order valence-electron chi connectivity index (χ2n) is 6.45. The van der Waals surface area contributed by atoms with Crippen LogP contribution in [-0.4, -0.2) is 30.4 Å². The van der Waals surface area contributed by atoms with Crippen LogP contribution in [0.1, 0.15) is 24.2 Å². The smallest absolute Gasteiger partial charge is 0.324 e. The number of ketones is 1. The summed E-state index contributed by atoms with van der Waals surface area (Å²) >= 11 is 3.28. The van der Waals surface area contributed by atoms with Crippen LogP contribution >= 0.6 is 15.9 Å². The van der Waals surface area contributed by atoms with Crippen molar-refractivity contribution in [2.45, 2.75) is 26.9 Å². The van der Waals surface area contributed by atoms with Crippen molar-refractivity contribution >= 4 is 44.5 Å². The molecule has 0 aliphatic heterocycles. The van der Waals surface area contributed by atoms with E-state index in [1.54, 1.807) is 31.2 Å². The number of Topliss-reactive ketones (excluding diaryl/α,β-unsaturated/α-hetero) is 1. The van der Waals surface area contributed by atoms with Crippen molar-refractivity contribution < 1.29 is 9.59 Å². The predicted octanol–water partition coefficient (Wildman–Crippen LogP) is 1.52. The number of hydrogen-bond donors (Lipinski definition) is 1. The molecule has 0 bridgehead atoms. The van der Waals surface area contributed by atoms with E-state index in [2.05, 4.69) is 38.1 Å². The first-order chi connectivity index (χ1) is 14.3. The quantitative estimate of drug-likeness (QED) is 0.344. The summed E-state index contributed by atoms with van der Waals surface area (Å²) in [5, 5.41) is 2.59. The number of imidazole rings is 1. The fourth-order valence-corrected chi connectivity index (χ4v) is 3.49. The Morgan fingerprint density at radius 1 is 1.20 bits per heavy atom. The largest absolute Gasteiger partial charge is 0.332 e. The van der Waals surface area contributed by atoms with E-state index in [1.165, 1.54) is 23.1 Å². The van der Waals surface area contributed by atoms with Crippen LogP contribution in [0.5, 0.6) is 0 Å². The summed E-state index contributed by atoms with van der Waals surface area (Å²) in [5.74, 6) is 4.77. The summed E-state index contributed by atoms with van der Waals surface area (Å²) in [6, 6.07) is 6.51. The molecule has 0 aliphatic carbocycles. The van der Waals surface area contributed by atoms with E-state index >= 15 is 0 Å². The molecule has 0 atom stereocenters. The van der Waals surface area contributed by atoms with Crippen LogP contribution in [0.15, 0.2) is 38.6 Å². The second kappa shape index (κ2) is 8.51. The van der Waals surface area contributed by atoms with Gasteiger partial charge in [-0.3, -0.25) is 19.0 Å². The average Bonchev–Trinajstić information content (AvgIpc) is 3.04. The third kappa shape index (κ3) is 3.84. The van der Waals surface area contributed by atoms with Gasteiger partial charge in [-0.2, -0.15) is 0 Å². The fourth-order valence-electron chi connectivity index (χ4n) is 3.02. The van der Waals surface area contributed by atoms with Gasteiger partial charge in [-0.1, -0.05) is 18.1 Å². The highest BCUT2D eigenvalue weighted by molar-refractivity contribution is 9.10. The first-order valence-electron chi connectivity index (χ1n) is 8.91. The maximum absolute atomic E-state index is 13.0. The predicted molar refractivity (Wildman–Crippen MR) is 115 cm³/mol. The first kappa shape index (κ1) is 21.3. The third-order valence-corrected chi connectivity index (χ3v) is 5.09. The molecule has 1 aromatic carbocycles. The van der Waals surface area contributed by atoms with Gasteiger partial charge in [0.05, 0.1) is 12.2 Å². The van der Waals surface area contributed by atoms with Crippen molar-refractivity contribution in [1.82, 2.24) is 18.7 Å². The molecule has 0 spiro atoms. The number of halogens is 1. The normalized spacial score (nSPS) is 10.5. The molecule has 154 valence electrons. The molecule has 3 aromatic rings. The number of para-hydroxylation sites is 1. The number of benzene rings is 1. The molecule has 2 heterocycles. The highest BCUT2D eigenvalue weighted by Crippen LogP contribution is 2.17. The number of fused-ring (bicyclic) bond motifs is 1. The Bertz CT molecular complexity index is 1350. The summed E-state index contributed by atoms with van der Waals surface area (Å²) in [6.07, 6.45) is 0. The number of hydrogen-bond acceptors (Lipinski definition) is 5. The first-order valence-corrected chi connectivity index (χ1v) is 9.70. The number of nitrogens with zero attached hydrogens (tertiary/aromatic N) is 4. The molecule has 0 fully saturated rings. The zero-order valence-corrected chi connectivity index (χ0v) is 18.1. The SMILES string of the molecule is CC#CCn1c(Br)nc2c1c(=O)n(CC(=O)Nc1ccccc1C(C)=O)c(=O)n2C. The summed E-state index contributed by atoms with van der Waals surface area (Å²) in [7, 11) is 1.47. The molecule has 10 heteroatoms. The molecule has 3 rings (SSSR count). The Morgan fingerprint density at radius 2 is 1.90 bits per heavy atom. The Hall–Kier alpha value is -3.45. The molecule has 0 saturated heterocycles.